The highest BCUT2D eigenvalue weighted by Gasteiger charge is 2.30. The van der Waals surface area contributed by atoms with Gasteiger partial charge < -0.3 is 10.6 Å². The second-order valence-corrected chi connectivity index (χ2v) is 5.93. The van der Waals surface area contributed by atoms with Gasteiger partial charge in [0.2, 0.25) is 5.95 Å². The fourth-order valence-corrected chi connectivity index (χ4v) is 2.46. The van der Waals surface area contributed by atoms with Gasteiger partial charge in [-0.3, -0.25) is 9.59 Å². The number of benzene rings is 2. The molecular formula is C20H13F4N3O2. The molecule has 1 heterocycles. The normalized spacial score (nSPS) is 11.0. The van der Waals surface area contributed by atoms with Crippen molar-refractivity contribution < 1.29 is 27.2 Å². The first-order chi connectivity index (χ1) is 13.7. The molecular weight excluding hydrogens is 390 g/mol. The molecule has 3 aromatic rings. The van der Waals surface area contributed by atoms with Gasteiger partial charge in [-0.05, 0) is 42.5 Å². The van der Waals surface area contributed by atoms with E-state index < -0.39 is 29.5 Å². The van der Waals surface area contributed by atoms with Gasteiger partial charge in [-0.1, -0.05) is 12.1 Å². The molecule has 0 aliphatic rings. The lowest BCUT2D eigenvalue weighted by atomic mass is 10.1. The number of amides is 2. The average Bonchev–Trinajstić information content (AvgIpc) is 2.68. The molecule has 3 rings (SSSR count). The van der Waals surface area contributed by atoms with E-state index in [1.807, 2.05) is 0 Å². The predicted molar refractivity (Wildman–Crippen MR) is 98.0 cm³/mol. The zero-order chi connectivity index (χ0) is 21.0. The minimum atomic E-state index is -4.53. The summed E-state index contributed by atoms with van der Waals surface area (Å²) in [6.45, 7) is 0. The molecule has 0 radical (unpaired) electrons. The third-order valence-electron chi connectivity index (χ3n) is 3.82. The largest absolute Gasteiger partial charge is 0.416 e. The van der Waals surface area contributed by atoms with Crippen LogP contribution in [-0.2, 0) is 6.18 Å². The molecule has 2 aromatic carbocycles. The molecule has 148 valence electrons. The number of nitrogens with one attached hydrogen (secondary N) is 2. The third kappa shape index (κ3) is 5.16. The van der Waals surface area contributed by atoms with Gasteiger partial charge >= 0.3 is 6.18 Å². The summed E-state index contributed by atoms with van der Waals surface area (Å²) >= 11 is 0. The van der Waals surface area contributed by atoms with E-state index in [4.69, 9.17) is 0 Å². The van der Waals surface area contributed by atoms with E-state index in [1.165, 1.54) is 42.5 Å². The predicted octanol–water partition coefficient (Wildman–Crippen LogP) is 4.74. The second kappa shape index (κ2) is 8.09. The summed E-state index contributed by atoms with van der Waals surface area (Å²) in [6.07, 6.45) is -3.39. The molecule has 0 saturated heterocycles. The van der Waals surface area contributed by atoms with E-state index in [0.29, 0.717) is 0 Å². The average molecular weight is 403 g/mol. The third-order valence-corrected chi connectivity index (χ3v) is 3.82. The number of rotatable bonds is 4. The summed E-state index contributed by atoms with van der Waals surface area (Å²) in [4.78, 5) is 27.9. The molecule has 1 aromatic heterocycles. The first-order valence-electron chi connectivity index (χ1n) is 8.24. The van der Waals surface area contributed by atoms with Crippen LogP contribution >= 0.6 is 0 Å². The standard InChI is InChI=1S/C20H13F4N3O2/c21-17-10-13(7-8-25-17)19(29)26-15-5-1-3-12(9-15)18(28)27-16-6-2-4-14(11-16)20(22,23)24/h1-11H,(H,26,29)(H,27,28). The van der Waals surface area contributed by atoms with Crippen LogP contribution in [0.1, 0.15) is 26.3 Å². The van der Waals surface area contributed by atoms with Gasteiger partial charge in [0.25, 0.3) is 11.8 Å². The molecule has 0 unspecified atom stereocenters. The number of pyridine rings is 1. The van der Waals surface area contributed by atoms with Crippen LogP contribution in [-0.4, -0.2) is 16.8 Å². The fraction of sp³-hybridized carbons (Fsp3) is 0.0500. The Morgan fingerprint density at radius 1 is 0.793 bits per heavy atom. The summed E-state index contributed by atoms with van der Waals surface area (Å²) in [5.74, 6) is -2.08. The summed E-state index contributed by atoms with van der Waals surface area (Å²) < 4.78 is 51.5. The Kier molecular flexibility index (Phi) is 5.58. The lowest BCUT2D eigenvalue weighted by Gasteiger charge is -2.11. The Morgan fingerprint density at radius 2 is 1.38 bits per heavy atom. The highest BCUT2D eigenvalue weighted by Crippen LogP contribution is 2.30. The molecule has 0 aliphatic heterocycles. The van der Waals surface area contributed by atoms with E-state index in [-0.39, 0.29) is 22.5 Å². The zero-order valence-corrected chi connectivity index (χ0v) is 14.6. The molecule has 0 spiro atoms. The van der Waals surface area contributed by atoms with Gasteiger partial charge in [0.15, 0.2) is 0 Å². The number of carbonyl (C=O) groups is 2. The maximum absolute atomic E-state index is 13.1. The molecule has 2 N–H and O–H groups in total. The molecule has 0 bridgehead atoms. The van der Waals surface area contributed by atoms with Gasteiger partial charge in [-0.25, -0.2) is 4.98 Å². The van der Waals surface area contributed by atoms with Crippen molar-refractivity contribution in [3.8, 4) is 0 Å². The number of hydrogen-bond donors (Lipinski definition) is 2. The van der Waals surface area contributed by atoms with Crippen LogP contribution in [0, 0.1) is 5.95 Å². The molecule has 0 saturated carbocycles. The zero-order valence-electron chi connectivity index (χ0n) is 14.6. The molecule has 0 aliphatic carbocycles. The number of aromatic nitrogens is 1. The Bertz CT molecular complexity index is 1070. The highest BCUT2D eigenvalue weighted by molar-refractivity contribution is 6.07. The van der Waals surface area contributed by atoms with Crippen molar-refractivity contribution in [2.24, 2.45) is 0 Å². The lowest BCUT2D eigenvalue weighted by Crippen LogP contribution is -2.15. The van der Waals surface area contributed by atoms with Crippen LogP contribution in [0.4, 0.5) is 28.9 Å². The second-order valence-electron chi connectivity index (χ2n) is 5.93. The maximum atomic E-state index is 13.1. The Hall–Kier alpha value is -3.75. The molecule has 9 heteroatoms. The molecule has 5 nitrogen and oxygen atoms in total. The first-order valence-corrected chi connectivity index (χ1v) is 8.24. The Labute approximate surface area is 162 Å². The minimum Gasteiger partial charge on any atom is -0.322 e. The highest BCUT2D eigenvalue weighted by atomic mass is 19.4. The Balaban J connectivity index is 1.74. The summed E-state index contributed by atoms with van der Waals surface area (Å²) in [7, 11) is 0. The van der Waals surface area contributed by atoms with Gasteiger partial charge in [0, 0.05) is 34.8 Å². The number of nitrogens with zero attached hydrogens (tertiary/aromatic N) is 1. The lowest BCUT2D eigenvalue weighted by molar-refractivity contribution is -0.137. The molecule has 2 amide bonds. The fourth-order valence-electron chi connectivity index (χ4n) is 2.46. The van der Waals surface area contributed by atoms with Gasteiger partial charge in [0.1, 0.15) is 0 Å². The van der Waals surface area contributed by atoms with Crippen molar-refractivity contribution in [2.45, 2.75) is 6.18 Å². The van der Waals surface area contributed by atoms with Crippen LogP contribution in [0.25, 0.3) is 0 Å². The Morgan fingerprint density at radius 3 is 2.00 bits per heavy atom. The number of anilines is 2. The SMILES string of the molecule is O=C(Nc1cccc(C(F)(F)F)c1)c1cccc(NC(=O)c2ccnc(F)c2)c1. The number of hydrogen-bond acceptors (Lipinski definition) is 3. The van der Waals surface area contributed by atoms with E-state index in [9.17, 15) is 27.2 Å². The topological polar surface area (TPSA) is 71.1 Å². The number of carbonyl (C=O) groups excluding carboxylic acids is 2. The molecule has 0 fully saturated rings. The van der Waals surface area contributed by atoms with E-state index >= 15 is 0 Å². The van der Waals surface area contributed by atoms with Crippen LogP contribution in [0.2, 0.25) is 0 Å². The van der Waals surface area contributed by atoms with Crippen LogP contribution in [0.15, 0.2) is 66.9 Å². The maximum Gasteiger partial charge on any atom is 0.416 e. The van der Waals surface area contributed by atoms with Crippen molar-refractivity contribution >= 4 is 23.2 Å². The first kappa shape index (κ1) is 20.0. The summed E-state index contributed by atoms with van der Waals surface area (Å²) in [5, 5.41) is 4.89. The summed E-state index contributed by atoms with van der Waals surface area (Å²) in [6, 6.07) is 12.3. The minimum absolute atomic E-state index is 0.0217. The molecule has 29 heavy (non-hydrogen) atoms. The van der Waals surface area contributed by atoms with E-state index in [0.717, 1.165) is 24.4 Å². The number of halogens is 4. The quantitative estimate of drug-likeness (QED) is 0.488. The van der Waals surface area contributed by atoms with Crippen molar-refractivity contribution in [3.63, 3.8) is 0 Å². The van der Waals surface area contributed by atoms with Crippen molar-refractivity contribution in [1.82, 2.24) is 4.98 Å². The van der Waals surface area contributed by atoms with Crippen LogP contribution < -0.4 is 10.6 Å². The van der Waals surface area contributed by atoms with Crippen LogP contribution in [0.5, 0.6) is 0 Å². The van der Waals surface area contributed by atoms with Gasteiger partial charge in [0.05, 0.1) is 5.56 Å². The van der Waals surface area contributed by atoms with E-state index in [2.05, 4.69) is 15.6 Å². The van der Waals surface area contributed by atoms with Crippen LogP contribution in [0.3, 0.4) is 0 Å². The van der Waals surface area contributed by atoms with Crippen molar-refractivity contribution in [1.29, 1.82) is 0 Å². The smallest absolute Gasteiger partial charge is 0.322 e. The van der Waals surface area contributed by atoms with Gasteiger partial charge in [-0.2, -0.15) is 17.6 Å². The van der Waals surface area contributed by atoms with Gasteiger partial charge in [-0.15, -0.1) is 0 Å². The monoisotopic (exact) mass is 403 g/mol. The van der Waals surface area contributed by atoms with Crippen molar-refractivity contribution in [3.05, 3.63) is 89.5 Å². The number of alkyl halides is 3. The van der Waals surface area contributed by atoms with Crippen molar-refractivity contribution in [2.75, 3.05) is 10.6 Å². The van der Waals surface area contributed by atoms with E-state index in [1.54, 1.807) is 0 Å². The molecule has 0 atom stereocenters. The summed E-state index contributed by atoms with van der Waals surface area (Å²) in [5.41, 5.74) is -0.506.